The summed E-state index contributed by atoms with van der Waals surface area (Å²) >= 11 is 4.73. The molecule has 0 aliphatic heterocycles. The molecule has 1 aliphatic carbocycles. The van der Waals surface area contributed by atoms with Gasteiger partial charge >= 0.3 is 0 Å². The summed E-state index contributed by atoms with van der Waals surface area (Å²) in [5, 5.41) is 0. The molecule has 0 aromatic rings. The molecule has 0 fully saturated rings. The third kappa shape index (κ3) is 0.428. The van der Waals surface area contributed by atoms with Crippen molar-refractivity contribution in [2.45, 2.75) is 12.8 Å². The Morgan fingerprint density at radius 1 is 1.80 bits per heavy atom. The Balaban J connectivity index is 2.51. The van der Waals surface area contributed by atoms with Crippen LogP contribution >= 0.6 is 12.6 Å². The lowest BCUT2D eigenvalue weighted by Gasteiger charge is -2.02. The van der Waals surface area contributed by atoms with Gasteiger partial charge < -0.3 is 0 Å². The van der Waals surface area contributed by atoms with Crippen molar-refractivity contribution in [3.63, 3.8) is 0 Å². The van der Waals surface area contributed by atoms with Crippen LogP contribution in [0.5, 0.6) is 0 Å². The van der Waals surface area contributed by atoms with Gasteiger partial charge in [0.15, 0.2) is 0 Å². The van der Waals surface area contributed by atoms with E-state index in [4.69, 9.17) is 12.6 Å². The van der Waals surface area contributed by atoms with E-state index in [2.05, 4.69) is 6.08 Å². The predicted molar refractivity (Wildman–Crippen MR) is 24.9 cm³/mol. The fourth-order valence-electron chi connectivity index (χ4n) is 0.262. The lowest BCUT2D eigenvalue weighted by atomic mass is 10.1. The van der Waals surface area contributed by atoms with E-state index in [1.807, 2.05) is 0 Å². The molecule has 1 heteroatoms. The second-order valence-corrected chi connectivity index (χ2v) is 1.73. The van der Waals surface area contributed by atoms with Crippen LogP contribution in [0.4, 0.5) is 0 Å². The van der Waals surface area contributed by atoms with Crippen LogP contribution in [0.1, 0.15) is 12.8 Å². The Labute approximate surface area is 37.3 Å². The maximum absolute atomic E-state index is 4.73. The molecule has 0 N–H and O–H groups in total. The van der Waals surface area contributed by atoms with Crippen molar-refractivity contribution >= 4 is 12.6 Å². The van der Waals surface area contributed by atoms with Crippen molar-refractivity contribution in [1.29, 1.82) is 0 Å². The SMILES string of the molecule is [S]C1=CCC1. The lowest BCUT2D eigenvalue weighted by molar-refractivity contribution is 0.944. The molecule has 0 unspecified atom stereocenters. The third-order valence-corrected chi connectivity index (χ3v) is 1.13. The summed E-state index contributed by atoms with van der Waals surface area (Å²) in [7, 11) is 0. The topological polar surface area (TPSA) is 0 Å². The van der Waals surface area contributed by atoms with Crippen LogP contribution in [0.2, 0.25) is 0 Å². The number of rotatable bonds is 0. The highest BCUT2D eigenvalue weighted by atomic mass is 32.1. The average Bonchev–Trinajstić information content (AvgIpc) is 1.30. The van der Waals surface area contributed by atoms with Crippen LogP contribution in [0.25, 0.3) is 0 Å². The molecule has 0 heterocycles. The Morgan fingerprint density at radius 3 is 2.20 bits per heavy atom. The first kappa shape index (κ1) is 3.16. The smallest absolute Gasteiger partial charge is 0.0115 e. The Kier molecular flexibility index (Phi) is 0.618. The molecule has 0 saturated carbocycles. The van der Waals surface area contributed by atoms with Crippen LogP contribution in [-0.2, 0) is 0 Å². The van der Waals surface area contributed by atoms with Crippen molar-refractivity contribution in [3.8, 4) is 0 Å². The van der Waals surface area contributed by atoms with Gasteiger partial charge in [0.1, 0.15) is 0 Å². The van der Waals surface area contributed by atoms with Crippen LogP contribution in [0, 0.1) is 0 Å². The van der Waals surface area contributed by atoms with Crippen molar-refractivity contribution in [2.24, 2.45) is 0 Å². The van der Waals surface area contributed by atoms with Gasteiger partial charge in [-0.25, -0.2) is 0 Å². The maximum Gasteiger partial charge on any atom is 0.0115 e. The fourth-order valence-corrected chi connectivity index (χ4v) is 0.498. The molecule has 0 bridgehead atoms. The highest BCUT2D eigenvalue weighted by Gasteiger charge is 1.97. The molecular weight excluding hydrogens is 80.1 g/mol. The quantitative estimate of drug-likeness (QED) is 0.421. The van der Waals surface area contributed by atoms with E-state index in [0.29, 0.717) is 0 Å². The molecule has 1 rings (SSSR count). The van der Waals surface area contributed by atoms with Gasteiger partial charge in [0.25, 0.3) is 0 Å². The first-order valence-corrected chi connectivity index (χ1v) is 2.16. The minimum Gasteiger partial charge on any atom is -0.0853 e. The first-order chi connectivity index (χ1) is 2.39. The Morgan fingerprint density at radius 2 is 2.20 bits per heavy atom. The maximum atomic E-state index is 4.73. The summed E-state index contributed by atoms with van der Waals surface area (Å²) in [6, 6.07) is 0. The van der Waals surface area contributed by atoms with Gasteiger partial charge in [-0.3, -0.25) is 0 Å². The predicted octanol–water partition coefficient (Wildman–Crippen LogP) is 1.86. The zero-order chi connectivity index (χ0) is 3.70. The average molecular weight is 85.2 g/mol. The molecule has 0 aromatic heterocycles. The summed E-state index contributed by atoms with van der Waals surface area (Å²) in [5.74, 6) is 0. The van der Waals surface area contributed by atoms with Gasteiger partial charge in [0.05, 0.1) is 0 Å². The minimum atomic E-state index is 1.14. The molecular formula is C4H5S. The summed E-state index contributed by atoms with van der Waals surface area (Å²) in [6.45, 7) is 0. The number of hydrogen-bond acceptors (Lipinski definition) is 0. The third-order valence-electron chi connectivity index (χ3n) is 0.763. The van der Waals surface area contributed by atoms with Gasteiger partial charge in [-0.05, 0) is 12.8 Å². The molecule has 1 aliphatic rings. The fraction of sp³-hybridized carbons (Fsp3) is 0.500. The van der Waals surface area contributed by atoms with Gasteiger partial charge in [-0.2, -0.15) is 0 Å². The van der Waals surface area contributed by atoms with Crippen LogP contribution in [0.15, 0.2) is 11.0 Å². The first-order valence-electron chi connectivity index (χ1n) is 1.75. The second kappa shape index (κ2) is 0.977. The van der Waals surface area contributed by atoms with Crippen LogP contribution in [-0.4, -0.2) is 0 Å². The van der Waals surface area contributed by atoms with Crippen molar-refractivity contribution in [1.82, 2.24) is 0 Å². The van der Waals surface area contributed by atoms with E-state index in [9.17, 15) is 0 Å². The normalized spacial score (nSPS) is 20.4. The summed E-state index contributed by atoms with van der Waals surface area (Å²) in [6.07, 6.45) is 4.46. The second-order valence-electron chi connectivity index (χ2n) is 1.21. The van der Waals surface area contributed by atoms with Crippen molar-refractivity contribution in [3.05, 3.63) is 11.0 Å². The minimum absolute atomic E-state index is 1.14. The highest BCUT2D eigenvalue weighted by Crippen LogP contribution is 2.19. The molecule has 0 spiro atoms. The van der Waals surface area contributed by atoms with E-state index in [1.54, 1.807) is 0 Å². The van der Waals surface area contributed by atoms with Crippen LogP contribution < -0.4 is 0 Å². The van der Waals surface area contributed by atoms with Crippen molar-refractivity contribution < 1.29 is 0 Å². The van der Waals surface area contributed by atoms with Gasteiger partial charge in [-0.15, -0.1) is 0 Å². The van der Waals surface area contributed by atoms with Crippen LogP contribution in [0.3, 0.4) is 0 Å². The monoisotopic (exact) mass is 85.0 g/mol. The molecule has 0 saturated heterocycles. The van der Waals surface area contributed by atoms with E-state index in [-0.39, 0.29) is 0 Å². The summed E-state index contributed by atoms with van der Waals surface area (Å²) < 4.78 is 0. The Bertz CT molecular complexity index is 64.0. The van der Waals surface area contributed by atoms with Crippen molar-refractivity contribution in [2.75, 3.05) is 0 Å². The molecule has 5 heavy (non-hydrogen) atoms. The zero-order valence-electron chi connectivity index (χ0n) is 2.90. The number of hydrogen-bond donors (Lipinski definition) is 0. The van der Waals surface area contributed by atoms with Gasteiger partial charge in [0.2, 0.25) is 0 Å². The van der Waals surface area contributed by atoms with E-state index in [1.165, 1.54) is 6.42 Å². The zero-order valence-corrected chi connectivity index (χ0v) is 3.72. The molecule has 27 valence electrons. The largest absolute Gasteiger partial charge is 0.0853 e. The van der Waals surface area contributed by atoms with Gasteiger partial charge in [0, 0.05) is 4.91 Å². The molecule has 0 atom stereocenters. The summed E-state index contributed by atoms with van der Waals surface area (Å²) in [5.41, 5.74) is 0. The molecule has 0 nitrogen and oxygen atoms in total. The van der Waals surface area contributed by atoms with Gasteiger partial charge in [-0.1, -0.05) is 18.7 Å². The van der Waals surface area contributed by atoms with E-state index >= 15 is 0 Å². The summed E-state index contributed by atoms with van der Waals surface area (Å²) in [4.78, 5) is 1.14. The highest BCUT2D eigenvalue weighted by molar-refractivity contribution is 7.84. The molecule has 0 amide bonds. The standard InChI is InChI=1S/C4H5S/c5-4-2-1-3-4/h2H,1,3H2. The lowest BCUT2D eigenvalue weighted by Crippen LogP contribution is -1.81. The Hall–Kier alpha value is -0.0400. The molecule has 0 aromatic carbocycles. The molecule has 1 radical (unpaired) electrons. The van der Waals surface area contributed by atoms with E-state index in [0.717, 1.165) is 11.3 Å². The van der Waals surface area contributed by atoms with E-state index < -0.39 is 0 Å². The number of allylic oxidation sites excluding steroid dienone is 2.